The van der Waals surface area contributed by atoms with Crippen LogP contribution >= 0.6 is 0 Å². The van der Waals surface area contributed by atoms with E-state index in [2.05, 4.69) is 15.2 Å². The molecule has 0 saturated carbocycles. The van der Waals surface area contributed by atoms with Gasteiger partial charge in [-0.25, -0.2) is 4.98 Å². The largest absolute Gasteiger partial charge is 0.493 e. The maximum absolute atomic E-state index is 5.79. The first-order valence-corrected chi connectivity index (χ1v) is 6.72. The van der Waals surface area contributed by atoms with E-state index in [4.69, 9.17) is 15.2 Å². The number of anilines is 1. The van der Waals surface area contributed by atoms with Crippen molar-refractivity contribution in [2.45, 2.75) is 0 Å². The maximum Gasteiger partial charge on any atom is 0.181 e. The van der Waals surface area contributed by atoms with E-state index in [-0.39, 0.29) is 0 Å². The Balaban J connectivity index is 1.97. The average molecular weight is 296 g/mol. The third kappa shape index (κ3) is 2.58. The molecule has 1 aromatic heterocycles. The highest BCUT2D eigenvalue weighted by molar-refractivity contribution is 5.66. The van der Waals surface area contributed by atoms with Gasteiger partial charge in [-0.15, -0.1) is 0 Å². The molecule has 112 valence electrons. The van der Waals surface area contributed by atoms with Gasteiger partial charge in [-0.05, 0) is 30.3 Å². The molecule has 1 heterocycles. The van der Waals surface area contributed by atoms with Crippen LogP contribution in [-0.4, -0.2) is 29.4 Å². The summed E-state index contributed by atoms with van der Waals surface area (Å²) in [6.07, 6.45) is 0. The summed E-state index contributed by atoms with van der Waals surface area (Å²) in [5, 5.41) is 7.17. The Morgan fingerprint density at radius 1 is 0.955 bits per heavy atom. The summed E-state index contributed by atoms with van der Waals surface area (Å²) in [6, 6.07) is 13.0. The number of H-pyrrole nitrogens is 1. The molecule has 0 radical (unpaired) electrons. The third-order valence-corrected chi connectivity index (χ3v) is 3.29. The summed E-state index contributed by atoms with van der Waals surface area (Å²) in [6.45, 7) is 0. The fraction of sp³-hybridized carbons (Fsp3) is 0.125. The van der Waals surface area contributed by atoms with Gasteiger partial charge in [0.15, 0.2) is 23.1 Å². The highest BCUT2D eigenvalue weighted by Gasteiger charge is 2.11. The van der Waals surface area contributed by atoms with Crippen molar-refractivity contribution in [2.75, 3.05) is 20.0 Å². The van der Waals surface area contributed by atoms with Gasteiger partial charge < -0.3 is 15.2 Å². The number of nitrogens with one attached hydrogen (secondary N) is 1. The second-order valence-electron chi connectivity index (χ2n) is 4.70. The lowest BCUT2D eigenvalue weighted by Gasteiger charge is -2.07. The van der Waals surface area contributed by atoms with Crippen molar-refractivity contribution < 1.29 is 9.47 Å². The van der Waals surface area contributed by atoms with Crippen LogP contribution in [0.25, 0.3) is 22.8 Å². The lowest BCUT2D eigenvalue weighted by atomic mass is 10.2. The Labute approximate surface area is 127 Å². The first-order valence-electron chi connectivity index (χ1n) is 6.72. The summed E-state index contributed by atoms with van der Waals surface area (Å²) in [5.41, 5.74) is 8.19. The fourth-order valence-electron chi connectivity index (χ4n) is 2.18. The van der Waals surface area contributed by atoms with Crippen LogP contribution in [0.1, 0.15) is 0 Å². The minimum Gasteiger partial charge on any atom is -0.493 e. The van der Waals surface area contributed by atoms with Gasteiger partial charge >= 0.3 is 0 Å². The van der Waals surface area contributed by atoms with Crippen molar-refractivity contribution in [3.05, 3.63) is 42.5 Å². The van der Waals surface area contributed by atoms with Crippen LogP contribution in [0.2, 0.25) is 0 Å². The Kier molecular flexibility index (Phi) is 3.65. The van der Waals surface area contributed by atoms with Crippen molar-refractivity contribution >= 4 is 5.69 Å². The maximum atomic E-state index is 5.79. The van der Waals surface area contributed by atoms with Gasteiger partial charge in [0.2, 0.25) is 0 Å². The van der Waals surface area contributed by atoms with E-state index in [1.165, 1.54) is 0 Å². The summed E-state index contributed by atoms with van der Waals surface area (Å²) in [7, 11) is 3.20. The predicted octanol–water partition coefficient (Wildman–Crippen LogP) is 2.74. The van der Waals surface area contributed by atoms with Crippen LogP contribution in [-0.2, 0) is 0 Å². The van der Waals surface area contributed by atoms with Crippen molar-refractivity contribution in [3.63, 3.8) is 0 Å². The lowest BCUT2D eigenvalue weighted by Crippen LogP contribution is -1.91. The number of aromatic amines is 1. The number of methoxy groups -OCH3 is 2. The number of aromatic nitrogens is 3. The molecule has 3 aromatic rings. The molecule has 3 rings (SSSR count). The summed E-state index contributed by atoms with van der Waals surface area (Å²) >= 11 is 0. The van der Waals surface area contributed by atoms with E-state index in [0.717, 1.165) is 11.1 Å². The normalized spacial score (nSPS) is 10.5. The van der Waals surface area contributed by atoms with Crippen LogP contribution < -0.4 is 15.2 Å². The zero-order chi connectivity index (χ0) is 15.5. The topological polar surface area (TPSA) is 86.0 Å². The van der Waals surface area contributed by atoms with Gasteiger partial charge in [0.1, 0.15) is 0 Å². The number of benzene rings is 2. The molecular formula is C16H16N4O2. The smallest absolute Gasteiger partial charge is 0.181 e. The molecule has 0 fully saturated rings. The minimum atomic E-state index is 0.595. The van der Waals surface area contributed by atoms with E-state index in [1.54, 1.807) is 14.2 Å². The molecule has 0 aliphatic heterocycles. The molecule has 0 aliphatic carbocycles. The van der Waals surface area contributed by atoms with Gasteiger partial charge in [-0.3, -0.25) is 5.10 Å². The average Bonchev–Trinajstić information content (AvgIpc) is 3.04. The van der Waals surface area contributed by atoms with Gasteiger partial charge in [-0.2, -0.15) is 5.10 Å². The summed E-state index contributed by atoms with van der Waals surface area (Å²) < 4.78 is 10.5. The molecular weight excluding hydrogens is 280 g/mol. The molecule has 0 saturated heterocycles. The molecule has 6 heteroatoms. The molecule has 2 aromatic carbocycles. The Morgan fingerprint density at radius 2 is 1.77 bits per heavy atom. The van der Waals surface area contributed by atoms with Crippen LogP contribution in [0.3, 0.4) is 0 Å². The summed E-state index contributed by atoms with van der Waals surface area (Å²) in [5.74, 6) is 2.55. The Morgan fingerprint density at radius 3 is 2.50 bits per heavy atom. The number of hydrogen-bond acceptors (Lipinski definition) is 5. The first-order chi connectivity index (χ1) is 10.7. The van der Waals surface area contributed by atoms with Crippen molar-refractivity contribution in [1.29, 1.82) is 0 Å². The standard InChI is InChI=1S/C16H16N4O2/c1-21-13-7-6-11(9-14(13)22-2)16-18-15(19-20-16)10-4-3-5-12(17)8-10/h3-9H,17H2,1-2H3,(H,18,19,20). The predicted molar refractivity (Wildman–Crippen MR) is 84.8 cm³/mol. The first kappa shape index (κ1) is 13.9. The molecule has 6 nitrogen and oxygen atoms in total. The number of ether oxygens (including phenoxy) is 2. The van der Waals surface area contributed by atoms with Crippen molar-refractivity contribution in [1.82, 2.24) is 15.2 Å². The SMILES string of the molecule is COc1ccc(-c2nc(-c3cccc(N)c3)n[nH]2)cc1OC. The zero-order valence-electron chi connectivity index (χ0n) is 12.3. The molecule has 0 aliphatic rings. The van der Waals surface area contributed by atoms with Gasteiger partial charge in [0.25, 0.3) is 0 Å². The molecule has 0 amide bonds. The zero-order valence-corrected chi connectivity index (χ0v) is 12.3. The lowest BCUT2D eigenvalue weighted by molar-refractivity contribution is 0.355. The second-order valence-corrected chi connectivity index (χ2v) is 4.70. The number of nitrogen functional groups attached to an aromatic ring is 1. The molecule has 0 spiro atoms. The van der Waals surface area contributed by atoms with Crippen LogP contribution in [0.15, 0.2) is 42.5 Å². The van der Waals surface area contributed by atoms with Gasteiger partial charge in [-0.1, -0.05) is 12.1 Å². The molecule has 0 unspecified atom stereocenters. The van der Waals surface area contributed by atoms with E-state index in [1.807, 2.05) is 42.5 Å². The van der Waals surface area contributed by atoms with E-state index < -0.39 is 0 Å². The number of nitrogens with two attached hydrogens (primary N) is 1. The second kappa shape index (κ2) is 5.77. The molecule has 0 bridgehead atoms. The van der Waals surface area contributed by atoms with Gasteiger partial charge in [0, 0.05) is 16.8 Å². The van der Waals surface area contributed by atoms with Crippen LogP contribution in [0.5, 0.6) is 11.5 Å². The van der Waals surface area contributed by atoms with Crippen LogP contribution in [0, 0.1) is 0 Å². The Hall–Kier alpha value is -3.02. The third-order valence-electron chi connectivity index (χ3n) is 3.29. The van der Waals surface area contributed by atoms with E-state index in [9.17, 15) is 0 Å². The quantitative estimate of drug-likeness (QED) is 0.723. The van der Waals surface area contributed by atoms with Crippen LogP contribution in [0.4, 0.5) is 5.69 Å². The number of nitrogens with zero attached hydrogens (tertiary/aromatic N) is 2. The van der Waals surface area contributed by atoms with E-state index in [0.29, 0.717) is 28.8 Å². The summed E-state index contributed by atoms with van der Waals surface area (Å²) in [4.78, 5) is 4.50. The highest BCUT2D eigenvalue weighted by atomic mass is 16.5. The van der Waals surface area contributed by atoms with Gasteiger partial charge in [0.05, 0.1) is 14.2 Å². The fourth-order valence-corrected chi connectivity index (χ4v) is 2.18. The highest BCUT2D eigenvalue weighted by Crippen LogP contribution is 2.31. The molecule has 22 heavy (non-hydrogen) atoms. The van der Waals surface area contributed by atoms with Crippen molar-refractivity contribution in [3.8, 4) is 34.3 Å². The molecule has 0 atom stereocenters. The van der Waals surface area contributed by atoms with Crippen molar-refractivity contribution in [2.24, 2.45) is 0 Å². The monoisotopic (exact) mass is 296 g/mol. The number of rotatable bonds is 4. The minimum absolute atomic E-state index is 0.595. The Bertz CT molecular complexity index is 798. The van der Waals surface area contributed by atoms with E-state index >= 15 is 0 Å². The number of hydrogen-bond donors (Lipinski definition) is 2. The molecule has 3 N–H and O–H groups in total.